The van der Waals surface area contributed by atoms with Crippen molar-refractivity contribution in [2.75, 3.05) is 6.61 Å². The van der Waals surface area contributed by atoms with Gasteiger partial charge in [0, 0.05) is 29.1 Å². The number of hydrogen-bond donors (Lipinski definition) is 2. The fourth-order valence-electron chi connectivity index (χ4n) is 8.07. The van der Waals surface area contributed by atoms with E-state index in [4.69, 9.17) is 4.74 Å². The van der Waals surface area contributed by atoms with Crippen molar-refractivity contribution in [2.45, 2.75) is 90.0 Å². The van der Waals surface area contributed by atoms with Crippen LogP contribution in [0.3, 0.4) is 0 Å². The number of rotatable bonds is 6. The highest BCUT2D eigenvalue weighted by atomic mass is 19.1. The van der Waals surface area contributed by atoms with Crippen molar-refractivity contribution in [3.05, 3.63) is 23.8 Å². The molecule has 7 heteroatoms. The normalized spacial score (nSPS) is 45.1. The number of aliphatic hydroxyl groups is 2. The second-order valence-corrected chi connectivity index (χ2v) is 11.3. The number of allylic oxidation sites excluding steroid dienone is 4. The largest absolute Gasteiger partial charge is 0.450 e. The Bertz CT molecular complexity index is 957. The van der Waals surface area contributed by atoms with Crippen LogP contribution in [-0.4, -0.2) is 51.7 Å². The Morgan fingerprint density at radius 3 is 2.62 bits per heavy atom. The number of ether oxygens (including phenoxy) is 1. The molecule has 34 heavy (non-hydrogen) atoms. The van der Waals surface area contributed by atoms with Gasteiger partial charge in [0.05, 0.1) is 6.10 Å². The van der Waals surface area contributed by atoms with Gasteiger partial charge in [-0.2, -0.15) is 0 Å². The smallest absolute Gasteiger partial charge is 0.306 e. The number of alkyl halides is 1. The first-order chi connectivity index (χ1) is 15.9. The van der Waals surface area contributed by atoms with E-state index in [-0.39, 0.29) is 24.5 Å². The van der Waals surface area contributed by atoms with Gasteiger partial charge in [-0.1, -0.05) is 38.8 Å². The lowest BCUT2D eigenvalue weighted by Gasteiger charge is -2.62. The van der Waals surface area contributed by atoms with Gasteiger partial charge in [0.2, 0.25) is 5.78 Å². The summed E-state index contributed by atoms with van der Waals surface area (Å²) in [5.74, 6) is -2.62. The summed E-state index contributed by atoms with van der Waals surface area (Å²) < 4.78 is 23.3. The second-order valence-electron chi connectivity index (χ2n) is 11.3. The molecule has 0 spiro atoms. The molecule has 0 aromatic heterocycles. The zero-order chi connectivity index (χ0) is 25.1. The van der Waals surface area contributed by atoms with Crippen molar-refractivity contribution >= 4 is 17.5 Å². The van der Waals surface area contributed by atoms with Crippen LogP contribution < -0.4 is 0 Å². The molecule has 0 heterocycles. The maximum absolute atomic E-state index is 17.3. The van der Waals surface area contributed by atoms with Crippen molar-refractivity contribution < 1.29 is 33.7 Å². The second kappa shape index (κ2) is 8.37. The van der Waals surface area contributed by atoms with Crippen LogP contribution in [0.4, 0.5) is 4.39 Å². The number of carbonyl (C=O) groups is 3. The van der Waals surface area contributed by atoms with Crippen molar-refractivity contribution in [1.82, 2.24) is 0 Å². The number of unbranched alkanes of at least 4 members (excludes halogenated alkanes) is 1. The summed E-state index contributed by atoms with van der Waals surface area (Å²) in [5.41, 5.74) is -5.11. The Hall–Kier alpha value is -1.86. The molecule has 3 saturated carbocycles. The molecule has 0 bridgehead atoms. The van der Waals surface area contributed by atoms with E-state index in [9.17, 15) is 24.6 Å². The zero-order valence-electron chi connectivity index (χ0n) is 20.6. The van der Waals surface area contributed by atoms with E-state index in [1.165, 1.54) is 12.2 Å². The number of fused-ring (bicyclic) bond motifs is 5. The highest BCUT2D eigenvalue weighted by molar-refractivity contribution is 6.01. The highest BCUT2D eigenvalue weighted by Gasteiger charge is 2.77. The lowest BCUT2D eigenvalue weighted by molar-refractivity contribution is -0.228. The number of halogens is 1. The average molecular weight is 477 g/mol. The van der Waals surface area contributed by atoms with E-state index in [0.717, 1.165) is 6.42 Å². The number of aliphatic hydroxyl groups excluding tert-OH is 2. The average Bonchev–Trinajstić information content (AvgIpc) is 3.00. The first-order valence-corrected chi connectivity index (χ1v) is 12.6. The van der Waals surface area contributed by atoms with E-state index < -0.39 is 58.4 Å². The molecule has 4 aliphatic rings. The Kier molecular flexibility index (Phi) is 6.21. The summed E-state index contributed by atoms with van der Waals surface area (Å²) in [7, 11) is 0. The lowest BCUT2D eigenvalue weighted by atomic mass is 9.44. The molecule has 3 fully saturated rings. The molecule has 188 valence electrons. The standard InChI is InChI=1S/C27H37FO6/c1-5-6-7-23(33)34-27(22(32)15-29)16(2)12-20-19-9-8-17-13-18(30)10-11-24(17,3)26(19,28)21(31)14-25(20,27)4/h10-11,13,16,19-21,29,31H,5-9,12,14-15H2,1-4H3/t16-,19+,20+,21+,24-,25-,26-,27-/m0/s1. The van der Waals surface area contributed by atoms with Crippen molar-refractivity contribution in [2.24, 2.45) is 28.6 Å². The molecule has 0 aromatic carbocycles. The van der Waals surface area contributed by atoms with Crippen LogP contribution in [0.2, 0.25) is 0 Å². The van der Waals surface area contributed by atoms with Crippen LogP contribution in [-0.2, 0) is 19.1 Å². The SMILES string of the molecule is CCCCC(=O)O[C@]1(C(=O)CO)[C@@H](C)C[C@@H]2[C@H]3CCC4=CC(=O)C=C[C@]4(C)[C@@]3(F)[C@H](O)C[C@@]21C. The fourth-order valence-corrected chi connectivity index (χ4v) is 8.07. The third-order valence-electron chi connectivity index (χ3n) is 9.75. The molecule has 0 radical (unpaired) electrons. The molecular weight excluding hydrogens is 439 g/mol. The summed E-state index contributed by atoms with van der Waals surface area (Å²) in [4.78, 5) is 38.1. The molecule has 8 atom stereocenters. The highest BCUT2D eigenvalue weighted by Crippen LogP contribution is 2.71. The summed E-state index contributed by atoms with van der Waals surface area (Å²) >= 11 is 0. The van der Waals surface area contributed by atoms with Crippen LogP contribution >= 0.6 is 0 Å². The summed E-state index contributed by atoms with van der Waals surface area (Å²) in [6.07, 6.45) is 5.92. The molecule has 2 N–H and O–H groups in total. The number of ketones is 2. The third-order valence-corrected chi connectivity index (χ3v) is 9.75. The van der Waals surface area contributed by atoms with E-state index >= 15 is 4.39 Å². The lowest BCUT2D eigenvalue weighted by Crippen LogP contribution is -2.70. The number of carbonyl (C=O) groups excluding carboxylic acids is 3. The Morgan fingerprint density at radius 1 is 1.26 bits per heavy atom. The summed E-state index contributed by atoms with van der Waals surface area (Å²) in [5, 5.41) is 21.4. The van der Waals surface area contributed by atoms with Crippen LogP contribution in [0.15, 0.2) is 23.8 Å². The Balaban J connectivity index is 1.80. The molecular formula is C27H37FO6. The minimum absolute atomic E-state index is 0.0769. The van der Waals surface area contributed by atoms with Crippen molar-refractivity contribution in [3.8, 4) is 0 Å². The van der Waals surface area contributed by atoms with Crippen LogP contribution in [0.5, 0.6) is 0 Å². The van der Waals surface area contributed by atoms with Gasteiger partial charge >= 0.3 is 5.97 Å². The van der Waals surface area contributed by atoms with Gasteiger partial charge < -0.3 is 14.9 Å². The number of Topliss-reactive ketones (excluding diaryl/α,β-unsaturated/α-hetero) is 1. The Morgan fingerprint density at radius 2 is 1.97 bits per heavy atom. The third kappa shape index (κ3) is 3.08. The van der Waals surface area contributed by atoms with Gasteiger partial charge in [0.25, 0.3) is 0 Å². The monoisotopic (exact) mass is 476 g/mol. The minimum atomic E-state index is -2.03. The van der Waals surface area contributed by atoms with E-state index in [2.05, 4.69) is 0 Å². The first kappa shape index (κ1) is 25.2. The quantitative estimate of drug-likeness (QED) is 0.568. The molecule has 6 nitrogen and oxygen atoms in total. The van der Waals surface area contributed by atoms with E-state index in [1.807, 2.05) is 20.8 Å². The topological polar surface area (TPSA) is 101 Å². The summed E-state index contributed by atoms with van der Waals surface area (Å²) in [6.45, 7) is 6.55. The van der Waals surface area contributed by atoms with Gasteiger partial charge in [0.15, 0.2) is 17.1 Å². The van der Waals surface area contributed by atoms with Gasteiger partial charge in [0.1, 0.15) is 6.61 Å². The van der Waals surface area contributed by atoms with Crippen LogP contribution in [0.1, 0.15) is 72.6 Å². The summed E-state index contributed by atoms with van der Waals surface area (Å²) in [6, 6.07) is 0. The first-order valence-electron chi connectivity index (χ1n) is 12.6. The molecule has 0 unspecified atom stereocenters. The van der Waals surface area contributed by atoms with Gasteiger partial charge in [-0.15, -0.1) is 0 Å². The fraction of sp³-hybridized carbons (Fsp3) is 0.741. The van der Waals surface area contributed by atoms with Crippen LogP contribution in [0.25, 0.3) is 0 Å². The van der Waals surface area contributed by atoms with Gasteiger partial charge in [-0.25, -0.2) is 4.39 Å². The molecule has 4 rings (SSSR count). The van der Waals surface area contributed by atoms with Crippen LogP contribution in [0, 0.1) is 28.6 Å². The number of esters is 1. The maximum atomic E-state index is 17.3. The predicted octanol–water partition coefficient (Wildman–Crippen LogP) is 3.64. The molecule has 0 aliphatic heterocycles. The molecule has 0 saturated heterocycles. The zero-order valence-corrected chi connectivity index (χ0v) is 20.6. The molecule has 0 amide bonds. The van der Waals surface area contributed by atoms with E-state index in [0.29, 0.717) is 31.3 Å². The predicted molar refractivity (Wildman–Crippen MR) is 123 cm³/mol. The van der Waals surface area contributed by atoms with Gasteiger partial charge in [-0.05, 0) is 57.1 Å². The number of hydrogen-bond acceptors (Lipinski definition) is 6. The van der Waals surface area contributed by atoms with E-state index in [1.54, 1.807) is 13.0 Å². The van der Waals surface area contributed by atoms with Gasteiger partial charge in [-0.3, -0.25) is 14.4 Å². The minimum Gasteiger partial charge on any atom is -0.450 e. The maximum Gasteiger partial charge on any atom is 0.306 e. The Labute approximate surface area is 200 Å². The van der Waals surface area contributed by atoms with Crippen molar-refractivity contribution in [3.63, 3.8) is 0 Å². The van der Waals surface area contributed by atoms with Crippen molar-refractivity contribution in [1.29, 1.82) is 0 Å². The molecule has 4 aliphatic carbocycles. The molecule has 0 aromatic rings.